The van der Waals surface area contributed by atoms with Crippen LogP contribution in [0.2, 0.25) is 0 Å². The first kappa shape index (κ1) is 12.4. The second-order valence-corrected chi connectivity index (χ2v) is 6.44. The van der Waals surface area contributed by atoms with Crippen molar-refractivity contribution in [3.63, 3.8) is 0 Å². The lowest BCUT2D eigenvalue weighted by Crippen LogP contribution is -2.49. The lowest BCUT2D eigenvalue weighted by molar-refractivity contribution is -0.122. The quantitative estimate of drug-likeness (QED) is 0.779. The van der Waals surface area contributed by atoms with E-state index in [9.17, 15) is 0 Å². The summed E-state index contributed by atoms with van der Waals surface area (Å²) in [4.78, 5) is 0. The van der Waals surface area contributed by atoms with Crippen molar-refractivity contribution in [2.75, 3.05) is 13.2 Å². The van der Waals surface area contributed by atoms with Gasteiger partial charge in [-0.05, 0) is 50.5 Å². The summed E-state index contributed by atoms with van der Waals surface area (Å²) in [6.45, 7) is 9.03. The van der Waals surface area contributed by atoms with Crippen LogP contribution < -0.4 is 5.32 Å². The van der Waals surface area contributed by atoms with Crippen LogP contribution >= 0.6 is 0 Å². The molecule has 1 heterocycles. The highest BCUT2D eigenvalue weighted by Crippen LogP contribution is 2.45. The van der Waals surface area contributed by atoms with Crippen molar-refractivity contribution in [3.05, 3.63) is 0 Å². The van der Waals surface area contributed by atoms with Crippen LogP contribution in [0.4, 0.5) is 0 Å². The summed E-state index contributed by atoms with van der Waals surface area (Å²) in [5.74, 6) is 0. The second kappa shape index (κ2) is 4.66. The third kappa shape index (κ3) is 2.78. The minimum absolute atomic E-state index is 0.223. The first-order chi connectivity index (χ1) is 7.55. The van der Waals surface area contributed by atoms with Gasteiger partial charge in [-0.15, -0.1) is 0 Å². The molecule has 16 heavy (non-hydrogen) atoms. The maximum Gasteiger partial charge on any atom is 0.0697 e. The van der Waals surface area contributed by atoms with Crippen molar-refractivity contribution >= 4 is 0 Å². The van der Waals surface area contributed by atoms with Crippen LogP contribution in [-0.2, 0) is 4.74 Å². The van der Waals surface area contributed by atoms with Gasteiger partial charge in [0, 0.05) is 12.6 Å². The van der Waals surface area contributed by atoms with Crippen LogP contribution in [-0.4, -0.2) is 24.8 Å². The molecule has 0 aromatic rings. The van der Waals surface area contributed by atoms with Gasteiger partial charge in [0.05, 0.1) is 5.60 Å². The zero-order valence-corrected chi connectivity index (χ0v) is 11.1. The van der Waals surface area contributed by atoms with Crippen LogP contribution in [0.5, 0.6) is 0 Å². The van der Waals surface area contributed by atoms with E-state index in [0.29, 0.717) is 11.5 Å². The van der Waals surface area contributed by atoms with Gasteiger partial charge in [-0.25, -0.2) is 0 Å². The molecule has 1 spiro atoms. The van der Waals surface area contributed by atoms with Crippen LogP contribution in [0.3, 0.4) is 0 Å². The second-order valence-electron chi connectivity index (χ2n) is 6.44. The minimum atomic E-state index is 0.223. The highest BCUT2D eigenvalue weighted by molar-refractivity contribution is 4.95. The summed E-state index contributed by atoms with van der Waals surface area (Å²) >= 11 is 0. The van der Waals surface area contributed by atoms with E-state index in [0.717, 1.165) is 13.2 Å². The van der Waals surface area contributed by atoms with Gasteiger partial charge in [0.25, 0.3) is 0 Å². The SMILES string of the molecule is CCNC1CCOC2(CCC(C)(C)CC2)C1. The summed E-state index contributed by atoms with van der Waals surface area (Å²) in [5.41, 5.74) is 0.764. The van der Waals surface area contributed by atoms with Crippen molar-refractivity contribution in [2.45, 2.75) is 70.9 Å². The Kier molecular flexibility index (Phi) is 3.60. The Morgan fingerprint density at radius 2 is 1.88 bits per heavy atom. The Labute approximate surface area is 100 Å². The van der Waals surface area contributed by atoms with E-state index >= 15 is 0 Å². The topological polar surface area (TPSA) is 21.3 Å². The van der Waals surface area contributed by atoms with Gasteiger partial charge in [0.15, 0.2) is 0 Å². The van der Waals surface area contributed by atoms with Crippen LogP contribution in [0, 0.1) is 5.41 Å². The summed E-state index contributed by atoms with van der Waals surface area (Å²) in [6, 6.07) is 0.694. The lowest BCUT2D eigenvalue weighted by atomic mass is 9.68. The van der Waals surface area contributed by atoms with Crippen molar-refractivity contribution in [1.29, 1.82) is 0 Å². The van der Waals surface area contributed by atoms with Gasteiger partial charge in [-0.3, -0.25) is 0 Å². The fraction of sp³-hybridized carbons (Fsp3) is 1.00. The first-order valence-corrected chi connectivity index (χ1v) is 6.93. The molecule has 2 fully saturated rings. The van der Waals surface area contributed by atoms with E-state index in [1.165, 1.54) is 38.5 Å². The Morgan fingerprint density at radius 1 is 1.19 bits per heavy atom. The lowest BCUT2D eigenvalue weighted by Gasteiger charge is -2.47. The molecule has 0 aromatic heterocycles. The molecule has 2 rings (SSSR count). The van der Waals surface area contributed by atoms with Crippen LogP contribution in [0.25, 0.3) is 0 Å². The molecule has 1 aliphatic heterocycles. The molecule has 1 saturated carbocycles. The molecule has 0 bridgehead atoms. The number of nitrogens with one attached hydrogen (secondary N) is 1. The van der Waals surface area contributed by atoms with Gasteiger partial charge in [-0.1, -0.05) is 20.8 Å². The highest BCUT2D eigenvalue weighted by atomic mass is 16.5. The number of ether oxygens (including phenoxy) is 1. The summed E-state index contributed by atoms with van der Waals surface area (Å²) in [6.07, 6.45) is 7.61. The predicted molar refractivity (Wildman–Crippen MR) is 67.6 cm³/mol. The van der Waals surface area contributed by atoms with E-state index in [-0.39, 0.29) is 5.60 Å². The molecular formula is C14H27NO. The van der Waals surface area contributed by atoms with Gasteiger partial charge < -0.3 is 10.1 Å². The number of rotatable bonds is 2. The molecule has 0 radical (unpaired) electrons. The van der Waals surface area contributed by atoms with Crippen molar-refractivity contribution in [3.8, 4) is 0 Å². The zero-order valence-electron chi connectivity index (χ0n) is 11.1. The Bertz CT molecular complexity index is 225. The fourth-order valence-corrected chi connectivity index (χ4v) is 3.22. The van der Waals surface area contributed by atoms with Crippen molar-refractivity contribution in [1.82, 2.24) is 5.32 Å². The van der Waals surface area contributed by atoms with Gasteiger partial charge in [-0.2, -0.15) is 0 Å². The summed E-state index contributed by atoms with van der Waals surface area (Å²) in [5, 5.41) is 3.60. The zero-order chi connectivity index (χ0) is 11.6. The molecule has 94 valence electrons. The third-order valence-electron chi connectivity index (χ3n) is 4.50. The van der Waals surface area contributed by atoms with E-state index in [1.54, 1.807) is 0 Å². The maximum absolute atomic E-state index is 6.14. The molecule has 2 heteroatoms. The molecule has 2 nitrogen and oxygen atoms in total. The molecule has 1 saturated heterocycles. The van der Waals surface area contributed by atoms with Crippen LogP contribution in [0.1, 0.15) is 59.3 Å². The Morgan fingerprint density at radius 3 is 2.50 bits per heavy atom. The molecular weight excluding hydrogens is 198 g/mol. The third-order valence-corrected chi connectivity index (χ3v) is 4.50. The standard InChI is InChI=1S/C14H27NO/c1-4-15-12-5-10-16-14(11-12)8-6-13(2,3)7-9-14/h12,15H,4-11H2,1-3H3. The summed E-state index contributed by atoms with van der Waals surface area (Å²) in [7, 11) is 0. The molecule has 1 unspecified atom stereocenters. The fourth-order valence-electron chi connectivity index (χ4n) is 3.22. The molecule has 1 N–H and O–H groups in total. The smallest absolute Gasteiger partial charge is 0.0697 e. The largest absolute Gasteiger partial charge is 0.375 e. The first-order valence-electron chi connectivity index (χ1n) is 6.93. The Balaban J connectivity index is 1.93. The minimum Gasteiger partial charge on any atom is -0.375 e. The van der Waals surface area contributed by atoms with Crippen LogP contribution in [0.15, 0.2) is 0 Å². The van der Waals surface area contributed by atoms with Gasteiger partial charge >= 0.3 is 0 Å². The molecule has 2 aliphatic rings. The average molecular weight is 225 g/mol. The summed E-state index contributed by atoms with van der Waals surface area (Å²) < 4.78 is 6.14. The molecule has 1 aliphatic carbocycles. The van der Waals surface area contributed by atoms with E-state index < -0.39 is 0 Å². The number of hydrogen-bond acceptors (Lipinski definition) is 2. The van der Waals surface area contributed by atoms with Crippen molar-refractivity contribution < 1.29 is 4.74 Å². The van der Waals surface area contributed by atoms with E-state index in [1.807, 2.05) is 0 Å². The predicted octanol–water partition coefficient (Wildman–Crippen LogP) is 3.11. The average Bonchev–Trinajstić information content (AvgIpc) is 2.25. The molecule has 0 aromatic carbocycles. The monoisotopic (exact) mass is 225 g/mol. The highest BCUT2D eigenvalue weighted by Gasteiger charge is 2.42. The normalized spacial score (nSPS) is 32.8. The number of hydrogen-bond donors (Lipinski definition) is 1. The van der Waals surface area contributed by atoms with E-state index in [4.69, 9.17) is 4.74 Å². The van der Waals surface area contributed by atoms with Gasteiger partial charge in [0.1, 0.15) is 0 Å². The molecule has 0 amide bonds. The van der Waals surface area contributed by atoms with Gasteiger partial charge in [0.2, 0.25) is 0 Å². The van der Waals surface area contributed by atoms with E-state index in [2.05, 4.69) is 26.1 Å². The maximum atomic E-state index is 6.14. The van der Waals surface area contributed by atoms with Crippen molar-refractivity contribution in [2.24, 2.45) is 5.41 Å². The Hall–Kier alpha value is -0.0800. The molecule has 1 atom stereocenters.